The Morgan fingerprint density at radius 3 is 2.48 bits per heavy atom. The lowest BCUT2D eigenvalue weighted by atomic mass is 9.92. The Bertz CT molecular complexity index is 964. The third-order valence-electron chi connectivity index (χ3n) is 3.67. The van der Waals surface area contributed by atoms with Crippen LogP contribution < -0.4 is 20.6 Å². The number of H-pyrrole nitrogens is 1. The molecule has 0 amide bonds. The fourth-order valence-electron chi connectivity index (χ4n) is 2.46. The predicted octanol–water partition coefficient (Wildman–Crippen LogP) is 2.61. The normalized spacial score (nSPS) is 11.5. The molecule has 0 aliphatic heterocycles. The van der Waals surface area contributed by atoms with E-state index >= 15 is 0 Å². The number of hydrazone groups is 1. The molecular weight excluding hydrogens is 380 g/mol. The molecule has 0 fully saturated rings. The summed E-state index contributed by atoms with van der Waals surface area (Å²) in [6, 6.07) is 2.77. The Morgan fingerprint density at radius 1 is 1.24 bits per heavy atom. The van der Waals surface area contributed by atoms with Crippen molar-refractivity contribution in [3.8, 4) is 11.5 Å². The maximum absolute atomic E-state index is 11.5. The molecule has 0 aliphatic carbocycles. The summed E-state index contributed by atoms with van der Waals surface area (Å²) in [5.74, 6) is 0.678. The van der Waals surface area contributed by atoms with Gasteiger partial charge in [-0.2, -0.15) is 15.2 Å². The maximum atomic E-state index is 11.5. The quantitative estimate of drug-likeness (QED) is 0.388. The summed E-state index contributed by atoms with van der Waals surface area (Å²) in [5, 5.41) is 21.8. The van der Waals surface area contributed by atoms with E-state index in [0.29, 0.717) is 23.6 Å². The number of nitro benzene ring substituents is 1. The van der Waals surface area contributed by atoms with Gasteiger partial charge in [0.05, 0.1) is 24.4 Å². The summed E-state index contributed by atoms with van der Waals surface area (Å²) in [5.41, 5.74) is 2.33. The number of nitrogens with one attached hydrogen (secondary N) is 2. The summed E-state index contributed by atoms with van der Waals surface area (Å²) in [4.78, 5) is 26.2. The van der Waals surface area contributed by atoms with E-state index in [1.54, 1.807) is 13.8 Å². The smallest absolute Gasteiger partial charge is 0.363 e. The van der Waals surface area contributed by atoms with E-state index in [1.165, 1.54) is 18.3 Å². The topological polar surface area (TPSA) is 145 Å². The van der Waals surface area contributed by atoms with Crippen molar-refractivity contribution in [2.24, 2.45) is 5.10 Å². The third-order valence-corrected chi connectivity index (χ3v) is 3.67. The fraction of sp³-hybridized carbons (Fsp3) is 0.444. The number of nitro groups is 1. The van der Waals surface area contributed by atoms with Crippen LogP contribution in [0.5, 0.6) is 11.5 Å². The van der Waals surface area contributed by atoms with Crippen LogP contribution in [0, 0.1) is 10.1 Å². The standard InChI is InChI=1S/C18H24N6O5/c1-6-28-13-9-14(29-7-2)12(24(26)27)8-11(13)10-19-22-16-15(18(3,4)5)21-23-17(25)20-16/h8-10H,6-7H2,1-5H3,(H2,20,22,23,25)/b19-10+. The molecule has 1 heterocycles. The number of hydrogen-bond acceptors (Lipinski definition) is 9. The molecule has 1 aromatic heterocycles. The Labute approximate surface area is 167 Å². The first kappa shape index (κ1) is 21.8. The molecule has 0 bridgehead atoms. The Morgan fingerprint density at radius 2 is 1.90 bits per heavy atom. The minimum Gasteiger partial charge on any atom is -0.493 e. The summed E-state index contributed by atoms with van der Waals surface area (Å²) in [7, 11) is 0. The SMILES string of the molecule is CCOc1cc(OCC)c([N+](=O)[O-])cc1/C=N/Nc1nc(=O)[nH]nc1C(C)(C)C. The van der Waals surface area contributed by atoms with Gasteiger partial charge in [0.15, 0.2) is 5.82 Å². The van der Waals surface area contributed by atoms with Gasteiger partial charge in [-0.05, 0) is 13.8 Å². The molecule has 11 nitrogen and oxygen atoms in total. The zero-order valence-corrected chi connectivity index (χ0v) is 17.0. The van der Waals surface area contributed by atoms with Gasteiger partial charge in [0.2, 0.25) is 5.75 Å². The molecule has 0 radical (unpaired) electrons. The van der Waals surface area contributed by atoms with Gasteiger partial charge >= 0.3 is 11.4 Å². The van der Waals surface area contributed by atoms with Gasteiger partial charge in [0, 0.05) is 23.1 Å². The highest BCUT2D eigenvalue weighted by Crippen LogP contribution is 2.34. The number of aromatic nitrogens is 3. The van der Waals surface area contributed by atoms with Crippen molar-refractivity contribution in [2.45, 2.75) is 40.0 Å². The van der Waals surface area contributed by atoms with Crippen LogP contribution in [0.4, 0.5) is 11.5 Å². The van der Waals surface area contributed by atoms with Gasteiger partial charge in [-0.25, -0.2) is 9.89 Å². The van der Waals surface area contributed by atoms with E-state index in [-0.39, 0.29) is 23.9 Å². The molecule has 2 aromatic rings. The van der Waals surface area contributed by atoms with E-state index < -0.39 is 16.0 Å². The zero-order valence-electron chi connectivity index (χ0n) is 17.0. The Hall–Kier alpha value is -3.50. The van der Waals surface area contributed by atoms with E-state index in [1.807, 2.05) is 20.8 Å². The lowest BCUT2D eigenvalue weighted by molar-refractivity contribution is -0.385. The largest absolute Gasteiger partial charge is 0.493 e. The van der Waals surface area contributed by atoms with Crippen LogP contribution in [-0.2, 0) is 5.41 Å². The minimum atomic E-state index is -0.623. The molecule has 0 spiro atoms. The number of hydrogen-bond donors (Lipinski definition) is 2. The van der Waals surface area contributed by atoms with Gasteiger partial charge in [-0.1, -0.05) is 20.8 Å². The molecule has 0 atom stereocenters. The van der Waals surface area contributed by atoms with Crippen LogP contribution in [0.2, 0.25) is 0 Å². The number of rotatable bonds is 8. The first-order valence-corrected chi connectivity index (χ1v) is 9.01. The van der Waals surface area contributed by atoms with Crippen LogP contribution >= 0.6 is 0 Å². The first-order valence-electron chi connectivity index (χ1n) is 9.01. The van der Waals surface area contributed by atoms with Crippen LogP contribution in [0.15, 0.2) is 22.0 Å². The molecule has 1 aromatic carbocycles. The highest BCUT2D eigenvalue weighted by atomic mass is 16.6. The summed E-state index contributed by atoms with van der Waals surface area (Å²) < 4.78 is 10.9. The van der Waals surface area contributed by atoms with Crippen molar-refractivity contribution in [3.63, 3.8) is 0 Å². The van der Waals surface area contributed by atoms with Gasteiger partial charge in [-0.15, -0.1) is 0 Å². The molecule has 0 unspecified atom stereocenters. The highest BCUT2D eigenvalue weighted by molar-refractivity contribution is 5.86. The second-order valence-electron chi connectivity index (χ2n) is 6.94. The molecule has 156 valence electrons. The van der Waals surface area contributed by atoms with E-state index in [4.69, 9.17) is 9.47 Å². The Kier molecular flexibility index (Phi) is 6.86. The minimum absolute atomic E-state index is 0.113. The van der Waals surface area contributed by atoms with Gasteiger partial charge in [0.25, 0.3) is 0 Å². The molecule has 11 heteroatoms. The lowest BCUT2D eigenvalue weighted by Crippen LogP contribution is -2.24. The molecular formula is C18H24N6O5. The maximum Gasteiger partial charge on any atom is 0.363 e. The molecule has 0 saturated carbocycles. The van der Waals surface area contributed by atoms with E-state index in [2.05, 4.69) is 25.7 Å². The summed E-state index contributed by atoms with van der Waals surface area (Å²) >= 11 is 0. The molecule has 2 N–H and O–H groups in total. The van der Waals surface area contributed by atoms with Gasteiger partial charge in [-0.3, -0.25) is 15.5 Å². The van der Waals surface area contributed by atoms with Gasteiger partial charge in [0.1, 0.15) is 11.4 Å². The molecule has 0 saturated heterocycles. The number of ether oxygens (including phenoxy) is 2. The van der Waals surface area contributed by atoms with Crippen molar-refractivity contribution in [1.82, 2.24) is 15.2 Å². The third kappa shape index (κ3) is 5.50. The molecule has 0 aliphatic rings. The summed E-state index contributed by atoms with van der Waals surface area (Å²) in [6.45, 7) is 9.89. The number of aromatic amines is 1. The van der Waals surface area contributed by atoms with Crippen LogP contribution in [0.1, 0.15) is 45.9 Å². The lowest BCUT2D eigenvalue weighted by Gasteiger charge is -2.18. The van der Waals surface area contributed by atoms with Crippen LogP contribution in [0.3, 0.4) is 0 Å². The molecule has 29 heavy (non-hydrogen) atoms. The monoisotopic (exact) mass is 404 g/mol. The van der Waals surface area contributed by atoms with Crippen molar-refractivity contribution in [1.29, 1.82) is 0 Å². The number of anilines is 1. The number of nitrogens with zero attached hydrogens (tertiary/aromatic N) is 4. The van der Waals surface area contributed by atoms with Gasteiger partial charge < -0.3 is 9.47 Å². The van der Waals surface area contributed by atoms with Crippen molar-refractivity contribution in [3.05, 3.63) is 44.0 Å². The highest BCUT2D eigenvalue weighted by Gasteiger charge is 2.22. The fourth-order valence-corrected chi connectivity index (χ4v) is 2.46. The second-order valence-corrected chi connectivity index (χ2v) is 6.94. The Balaban J connectivity index is 2.42. The zero-order chi connectivity index (χ0) is 21.6. The van der Waals surface area contributed by atoms with Crippen molar-refractivity contribution in [2.75, 3.05) is 18.6 Å². The second kappa shape index (κ2) is 9.13. The number of benzene rings is 1. The first-order chi connectivity index (χ1) is 13.7. The average molecular weight is 404 g/mol. The van der Waals surface area contributed by atoms with Crippen LogP contribution in [-0.4, -0.2) is 39.5 Å². The summed E-state index contributed by atoms with van der Waals surface area (Å²) in [6.07, 6.45) is 1.35. The van der Waals surface area contributed by atoms with Crippen molar-refractivity contribution < 1.29 is 14.4 Å². The van der Waals surface area contributed by atoms with Crippen molar-refractivity contribution >= 4 is 17.7 Å². The average Bonchev–Trinajstić information content (AvgIpc) is 2.62. The van der Waals surface area contributed by atoms with Crippen LogP contribution in [0.25, 0.3) is 0 Å². The molecule has 2 rings (SSSR count). The predicted molar refractivity (Wildman–Crippen MR) is 108 cm³/mol. The van der Waals surface area contributed by atoms with E-state index in [9.17, 15) is 14.9 Å². The van der Waals surface area contributed by atoms with E-state index in [0.717, 1.165) is 0 Å².